The van der Waals surface area contributed by atoms with E-state index in [9.17, 15) is 2.74 Å². The van der Waals surface area contributed by atoms with E-state index < -0.39 is 0 Å². The maximum absolute atomic E-state index is 9.22. The lowest BCUT2D eigenvalue weighted by molar-refractivity contribution is 1.18. The van der Waals surface area contributed by atoms with Gasteiger partial charge in [0.15, 0.2) is 0 Å². The summed E-state index contributed by atoms with van der Waals surface area (Å²) in [5, 5.41) is 2.04. The molecule has 1 aromatic heterocycles. The third-order valence-electron chi connectivity index (χ3n) is 9.35. The van der Waals surface area contributed by atoms with Crippen LogP contribution in [0, 0.1) is 0 Å². The summed E-state index contributed by atoms with van der Waals surface area (Å²) >= 11 is 0. The molecule has 0 unspecified atom stereocenters. The molecule has 1 heterocycles. The molecule has 0 aliphatic heterocycles. The van der Waals surface area contributed by atoms with Gasteiger partial charge in [-0.1, -0.05) is 152 Å². The topological polar surface area (TPSA) is 8.17 Å². The Bertz CT molecular complexity index is 2640. The summed E-state index contributed by atoms with van der Waals surface area (Å²) in [7, 11) is 0. The lowest BCUT2D eigenvalue weighted by atomic mass is 10.0. The second-order valence-corrected chi connectivity index (χ2v) is 12.3. The highest BCUT2D eigenvalue weighted by molar-refractivity contribution is 6.09. The molecule has 0 saturated heterocycles. The standard InChI is InChI=1S/C48H34N2/c1-3-13-35(14-4-1)37-23-29-40(30-24-37)49(41-31-25-38(26-32-41)36-15-5-2-6-16-36)42-33-27-39(28-34-42)43-17-7-10-20-46(43)50-47-21-11-8-18-44(47)45-19-9-12-22-48(45)50/h1-34H/i7D,10D,17D,20D. The number of nitrogens with zero attached hydrogens (tertiary/aromatic N) is 2. The molecule has 236 valence electrons. The molecule has 0 N–H and O–H groups in total. The fourth-order valence-electron chi connectivity index (χ4n) is 6.94. The van der Waals surface area contributed by atoms with Crippen LogP contribution >= 0.6 is 0 Å². The van der Waals surface area contributed by atoms with Crippen molar-refractivity contribution in [1.82, 2.24) is 4.57 Å². The third kappa shape index (κ3) is 5.34. The van der Waals surface area contributed by atoms with E-state index in [1.165, 1.54) is 0 Å². The highest BCUT2D eigenvalue weighted by Gasteiger charge is 2.17. The van der Waals surface area contributed by atoms with Gasteiger partial charge in [0.2, 0.25) is 0 Å². The molecule has 0 bridgehead atoms. The quantitative estimate of drug-likeness (QED) is 0.168. The Morgan fingerprint density at radius 3 is 1.22 bits per heavy atom. The number of hydrogen-bond acceptors (Lipinski definition) is 1. The van der Waals surface area contributed by atoms with Crippen LogP contribution in [0.15, 0.2) is 206 Å². The normalized spacial score (nSPS) is 12.3. The molecule has 0 spiro atoms. The number of anilines is 3. The molecule has 0 aliphatic carbocycles. The molecule has 9 rings (SSSR count). The summed E-state index contributed by atoms with van der Waals surface area (Å²) in [6.07, 6.45) is 0. The van der Waals surface area contributed by atoms with E-state index in [1.807, 2.05) is 102 Å². The van der Waals surface area contributed by atoms with Gasteiger partial charge in [0.25, 0.3) is 0 Å². The van der Waals surface area contributed by atoms with Crippen molar-refractivity contribution in [2.24, 2.45) is 0 Å². The fourth-order valence-corrected chi connectivity index (χ4v) is 6.94. The van der Waals surface area contributed by atoms with Crippen LogP contribution < -0.4 is 4.90 Å². The van der Waals surface area contributed by atoms with Crippen LogP contribution in [0.1, 0.15) is 5.48 Å². The van der Waals surface area contributed by atoms with Crippen molar-refractivity contribution in [1.29, 1.82) is 0 Å². The molecule has 0 aliphatic rings. The second-order valence-electron chi connectivity index (χ2n) is 12.3. The molecule has 0 atom stereocenters. The van der Waals surface area contributed by atoms with Gasteiger partial charge in [0.1, 0.15) is 0 Å². The lowest BCUT2D eigenvalue weighted by Crippen LogP contribution is -2.09. The van der Waals surface area contributed by atoms with E-state index in [-0.39, 0.29) is 24.2 Å². The van der Waals surface area contributed by atoms with Crippen molar-refractivity contribution >= 4 is 38.9 Å². The van der Waals surface area contributed by atoms with Crippen LogP contribution in [-0.2, 0) is 0 Å². The summed E-state index contributed by atoms with van der Waals surface area (Å²) in [6, 6.07) is 61.1. The molecule has 0 fully saturated rings. The Morgan fingerprint density at radius 2 is 0.740 bits per heavy atom. The monoisotopic (exact) mass is 642 g/mol. The van der Waals surface area contributed by atoms with E-state index in [4.69, 9.17) is 2.74 Å². The van der Waals surface area contributed by atoms with Crippen molar-refractivity contribution in [2.45, 2.75) is 0 Å². The average molecular weight is 643 g/mol. The van der Waals surface area contributed by atoms with Crippen molar-refractivity contribution in [3.05, 3.63) is 206 Å². The van der Waals surface area contributed by atoms with E-state index in [0.29, 0.717) is 16.8 Å². The largest absolute Gasteiger partial charge is 0.311 e. The smallest absolute Gasteiger partial charge is 0.0645 e. The summed E-state index contributed by atoms with van der Waals surface area (Å²) in [4.78, 5) is 2.21. The molecule has 8 aromatic carbocycles. The minimum atomic E-state index is -0.263. The van der Waals surface area contributed by atoms with Gasteiger partial charge >= 0.3 is 0 Å². The molecule has 50 heavy (non-hydrogen) atoms. The first-order valence-electron chi connectivity index (χ1n) is 18.8. The van der Waals surface area contributed by atoms with Gasteiger partial charge < -0.3 is 9.47 Å². The van der Waals surface area contributed by atoms with Gasteiger partial charge in [0.05, 0.1) is 22.2 Å². The third-order valence-corrected chi connectivity index (χ3v) is 9.35. The van der Waals surface area contributed by atoms with Crippen LogP contribution in [0.4, 0.5) is 17.1 Å². The van der Waals surface area contributed by atoms with Crippen LogP contribution in [0.25, 0.3) is 60.9 Å². The molecule has 0 amide bonds. The Labute approximate surface area is 298 Å². The lowest BCUT2D eigenvalue weighted by Gasteiger charge is -2.26. The maximum Gasteiger partial charge on any atom is 0.0645 e. The Kier molecular flexibility index (Phi) is 6.48. The summed E-state index contributed by atoms with van der Waals surface area (Å²) in [5.41, 5.74) is 10.8. The van der Waals surface area contributed by atoms with Gasteiger partial charge in [-0.2, -0.15) is 0 Å². The van der Waals surface area contributed by atoms with E-state index in [1.54, 1.807) is 0 Å². The average Bonchev–Trinajstić information content (AvgIpc) is 3.57. The number of benzene rings is 8. The highest BCUT2D eigenvalue weighted by Crippen LogP contribution is 2.40. The summed E-state index contributed by atoms with van der Waals surface area (Å²) < 4.78 is 37.8. The van der Waals surface area contributed by atoms with Crippen LogP contribution in [0.5, 0.6) is 0 Å². The van der Waals surface area contributed by atoms with Crippen LogP contribution in [0.3, 0.4) is 0 Å². The highest BCUT2D eigenvalue weighted by atomic mass is 15.1. The predicted molar refractivity (Wildman–Crippen MR) is 212 cm³/mol. The van der Waals surface area contributed by atoms with Gasteiger partial charge in [0, 0.05) is 33.4 Å². The Morgan fingerprint density at radius 1 is 0.360 bits per heavy atom. The first-order chi connectivity index (χ1) is 26.5. The zero-order valence-electron chi connectivity index (χ0n) is 31.2. The summed E-state index contributed by atoms with van der Waals surface area (Å²) in [6.45, 7) is 0. The van der Waals surface area contributed by atoms with Gasteiger partial charge in [-0.25, -0.2) is 0 Å². The minimum absolute atomic E-state index is 0.0783. The summed E-state index contributed by atoms with van der Waals surface area (Å²) in [5.74, 6) is 0. The van der Waals surface area contributed by atoms with E-state index in [2.05, 4.69) is 89.8 Å². The molecular weight excluding hydrogens is 605 g/mol. The first kappa shape index (κ1) is 25.4. The van der Waals surface area contributed by atoms with Crippen molar-refractivity contribution in [2.75, 3.05) is 4.90 Å². The maximum atomic E-state index is 9.22. The zero-order chi connectivity index (χ0) is 36.8. The van der Waals surface area contributed by atoms with E-state index >= 15 is 0 Å². The fraction of sp³-hybridized carbons (Fsp3) is 0. The first-order valence-corrected chi connectivity index (χ1v) is 16.8. The number of aromatic nitrogens is 1. The van der Waals surface area contributed by atoms with Crippen LogP contribution in [0.2, 0.25) is 0 Å². The van der Waals surface area contributed by atoms with Crippen LogP contribution in [-0.4, -0.2) is 4.57 Å². The van der Waals surface area contributed by atoms with Gasteiger partial charge in [-0.15, -0.1) is 0 Å². The molecule has 2 heteroatoms. The zero-order valence-corrected chi connectivity index (χ0v) is 27.2. The van der Waals surface area contributed by atoms with Gasteiger partial charge in [-0.3, -0.25) is 0 Å². The molecule has 0 radical (unpaired) electrons. The van der Waals surface area contributed by atoms with E-state index in [0.717, 1.165) is 61.1 Å². The second kappa shape index (κ2) is 12.8. The molecule has 9 aromatic rings. The molecule has 2 nitrogen and oxygen atoms in total. The predicted octanol–water partition coefficient (Wildman–Crippen LogP) is 13.3. The molecule has 0 saturated carbocycles. The number of rotatable bonds is 7. The van der Waals surface area contributed by atoms with Crippen molar-refractivity contribution < 1.29 is 5.48 Å². The number of para-hydroxylation sites is 3. The number of hydrogen-bond donors (Lipinski definition) is 0. The Balaban J connectivity index is 1.19. The molecular formula is C48H34N2. The minimum Gasteiger partial charge on any atom is -0.311 e. The Hall–Kier alpha value is -6.64. The van der Waals surface area contributed by atoms with Crippen molar-refractivity contribution in [3.63, 3.8) is 0 Å². The van der Waals surface area contributed by atoms with Gasteiger partial charge in [-0.05, 0) is 82.4 Å². The number of fused-ring (bicyclic) bond motifs is 3. The SMILES string of the molecule is [2H]c1c([2H])c([2H])c(-n2c3ccccc3c3ccccc32)c(-c2ccc(N(c3ccc(-c4ccccc4)cc3)c3ccc(-c4ccccc4)cc3)cc2)c1[2H]. The van der Waals surface area contributed by atoms with Crippen molar-refractivity contribution in [3.8, 4) is 39.1 Å².